The normalized spacial score (nSPS) is 11.0. The first-order valence-corrected chi connectivity index (χ1v) is 2.84. The molecule has 1 amide bonds. The molecule has 3 nitrogen and oxygen atoms in total. The van der Waals surface area contributed by atoms with E-state index >= 15 is 0 Å². The first-order valence-electron chi connectivity index (χ1n) is 2.84. The number of methoxy groups -OCH3 is 1. The van der Waals surface area contributed by atoms with Gasteiger partial charge in [0.1, 0.15) is 0 Å². The summed E-state index contributed by atoms with van der Waals surface area (Å²) in [4.78, 5) is 9.80. The lowest BCUT2D eigenvalue weighted by Gasteiger charge is -2.21. The maximum Gasteiger partial charge on any atom is 0.207 e. The second kappa shape index (κ2) is 3.45. The molecule has 0 aliphatic heterocycles. The van der Waals surface area contributed by atoms with E-state index in [0.717, 1.165) is 0 Å². The van der Waals surface area contributed by atoms with Gasteiger partial charge in [-0.1, -0.05) is 0 Å². The van der Waals surface area contributed by atoms with Crippen LogP contribution in [0.25, 0.3) is 0 Å². The van der Waals surface area contributed by atoms with Crippen molar-refractivity contribution in [3.8, 4) is 0 Å². The van der Waals surface area contributed by atoms with E-state index in [9.17, 15) is 4.79 Å². The Bertz CT molecular complexity index is 91.1. The summed E-state index contributed by atoms with van der Waals surface area (Å²) in [6.07, 6.45) is 0.667. The molecule has 1 N–H and O–H groups in total. The van der Waals surface area contributed by atoms with Crippen LogP contribution in [-0.4, -0.2) is 25.7 Å². The number of carbonyl (C=O) groups excluding carboxylic acids is 1. The van der Waals surface area contributed by atoms with Crippen LogP contribution in [-0.2, 0) is 9.53 Å². The predicted octanol–water partition coefficient (Wildman–Crippen LogP) is 0.157. The van der Waals surface area contributed by atoms with E-state index in [2.05, 4.69) is 5.32 Å². The van der Waals surface area contributed by atoms with Crippen molar-refractivity contribution in [2.24, 2.45) is 0 Å². The van der Waals surface area contributed by atoms with Crippen molar-refractivity contribution < 1.29 is 9.53 Å². The maximum absolute atomic E-state index is 9.80. The second-order valence-corrected chi connectivity index (χ2v) is 2.46. The molecule has 0 radical (unpaired) electrons. The van der Waals surface area contributed by atoms with Gasteiger partial charge in [-0.25, -0.2) is 0 Å². The molecule has 54 valence electrons. The lowest BCUT2D eigenvalue weighted by Crippen LogP contribution is -2.35. The van der Waals surface area contributed by atoms with Gasteiger partial charge in [-0.15, -0.1) is 0 Å². The zero-order valence-electron chi connectivity index (χ0n) is 6.10. The van der Waals surface area contributed by atoms with E-state index in [0.29, 0.717) is 13.0 Å². The van der Waals surface area contributed by atoms with Crippen molar-refractivity contribution in [1.82, 2.24) is 5.32 Å². The summed E-state index contributed by atoms with van der Waals surface area (Å²) in [5, 5.41) is 2.53. The van der Waals surface area contributed by atoms with Gasteiger partial charge in [0.2, 0.25) is 6.41 Å². The molecule has 0 fully saturated rings. The Labute approximate surface area is 55.4 Å². The maximum atomic E-state index is 9.80. The average Bonchev–Trinajstić information content (AvgIpc) is 1.84. The third-order valence-electron chi connectivity index (χ3n) is 1.16. The molecule has 0 heterocycles. The number of carbonyl (C=O) groups is 1. The molecular weight excluding hydrogens is 118 g/mol. The van der Waals surface area contributed by atoms with Crippen molar-refractivity contribution in [2.45, 2.75) is 19.4 Å². The first-order chi connectivity index (χ1) is 4.12. The van der Waals surface area contributed by atoms with E-state index in [-0.39, 0.29) is 5.60 Å². The fourth-order valence-electron chi connectivity index (χ4n) is 0.360. The van der Waals surface area contributed by atoms with Crippen LogP contribution in [0.5, 0.6) is 0 Å². The molecule has 0 saturated carbocycles. The van der Waals surface area contributed by atoms with Crippen LogP contribution >= 0.6 is 0 Å². The molecule has 0 aliphatic carbocycles. The standard InChI is InChI=1S/C6H13NO2/c1-6(2,9-3)4-7-5-8/h5H,4H2,1-3H3,(H,7,8). The van der Waals surface area contributed by atoms with Crippen LogP contribution in [0.1, 0.15) is 13.8 Å². The zero-order valence-corrected chi connectivity index (χ0v) is 6.10. The third kappa shape index (κ3) is 3.97. The Hall–Kier alpha value is -0.570. The highest BCUT2D eigenvalue weighted by Crippen LogP contribution is 2.03. The van der Waals surface area contributed by atoms with Crippen LogP contribution in [0.2, 0.25) is 0 Å². The van der Waals surface area contributed by atoms with Gasteiger partial charge in [-0.2, -0.15) is 0 Å². The van der Waals surface area contributed by atoms with E-state index in [1.54, 1.807) is 7.11 Å². The van der Waals surface area contributed by atoms with Crippen LogP contribution in [0.4, 0.5) is 0 Å². The molecule has 0 atom stereocenters. The molecule has 0 spiro atoms. The number of hydrogen-bond donors (Lipinski definition) is 1. The third-order valence-corrected chi connectivity index (χ3v) is 1.16. The summed E-state index contributed by atoms with van der Waals surface area (Å²) in [5.41, 5.74) is -0.249. The molecule has 3 heteroatoms. The predicted molar refractivity (Wildman–Crippen MR) is 35.2 cm³/mol. The Balaban J connectivity index is 3.44. The molecule has 0 unspecified atom stereocenters. The fourth-order valence-corrected chi connectivity index (χ4v) is 0.360. The number of ether oxygens (including phenoxy) is 1. The van der Waals surface area contributed by atoms with E-state index in [1.165, 1.54) is 0 Å². The van der Waals surface area contributed by atoms with Crippen molar-refractivity contribution in [3.05, 3.63) is 0 Å². The van der Waals surface area contributed by atoms with Crippen LogP contribution in [0.3, 0.4) is 0 Å². The monoisotopic (exact) mass is 131 g/mol. The zero-order chi connectivity index (χ0) is 7.33. The first kappa shape index (κ1) is 8.43. The van der Waals surface area contributed by atoms with Crippen molar-refractivity contribution in [1.29, 1.82) is 0 Å². The largest absolute Gasteiger partial charge is 0.377 e. The minimum atomic E-state index is -0.249. The minimum Gasteiger partial charge on any atom is -0.377 e. The van der Waals surface area contributed by atoms with Gasteiger partial charge < -0.3 is 10.1 Å². The summed E-state index contributed by atoms with van der Waals surface area (Å²) in [7, 11) is 1.62. The van der Waals surface area contributed by atoms with Gasteiger partial charge in [-0.05, 0) is 13.8 Å². The highest BCUT2D eigenvalue weighted by molar-refractivity contribution is 5.45. The van der Waals surface area contributed by atoms with Crippen LogP contribution in [0, 0.1) is 0 Å². The lowest BCUT2D eigenvalue weighted by atomic mass is 10.1. The molecule has 0 saturated heterocycles. The van der Waals surface area contributed by atoms with E-state index in [4.69, 9.17) is 4.74 Å². The number of rotatable bonds is 4. The number of nitrogens with one attached hydrogen (secondary N) is 1. The SMILES string of the molecule is COC(C)(C)CNC=O. The van der Waals surface area contributed by atoms with E-state index in [1.807, 2.05) is 13.8 Å². The van der Waals surface area contributed by atoms with Gasteiger partial charge in [0.15, 0.2) is 0 Å². The van der Waals surface area contributed by atoms with E-state index < -0.39 is 0 Å². The topological polar surface area (TPSA) is 38.3 Å². The molecule has 0 bridgehead atoms. The molecular formula is C6H13NO2. The fraction of sp³-hybridized carbons (Fsp3) is 0.833. The summed E-state index contributed by atoms with van der Waals surface area (Å²) < 4.78 is 5.02. The van der Waals surface area contributed by atoms with Crippen LogP contribution in [0.15, 0.2) is 0 Å². The Morgan fingerprint density at radius 2 is 2.22 bits per heavy atom. The second-order valence-electron chi connectivity index (χ2n) is 2.46. The molecule has 0 aromatic heterocycles. The lowest BCUT2D eigenvalue weighted by molar-refractivity contribution is -0.110. The van der Waals surface area contributed by atoms with Gasteiger partial charge in [0, 0.05) is 13.7 Å². The van der Waals surface area contributed by atoms with Crippen molar-refractivity contribution >= 4 is 6.41 Å². The Morgan fingerprint density at radius 3 is 2.56 bits per heavy atom. The van der Waals surface area contributed by atoms with Gasteiger partial charge in [-0.3, -0.25) is 4.79 Å². The van der Waals surface area contributed by atoms with Crippen molar-refractivity contribution in [2.75, 3.05) is 13.7 Å². The molecule has 9 heavy (non-hydrogen) atoms. The summed E-state index contributed by atoms with van der Waals surface area (Å²) in [6, 6.07) is 0. The molecule has 0 aromatic carbocycles. The van der Waals surface area contributed by atoms with Crippen LogP contribution < -0.4 is 5.32 Å². The van der Waals surface area contributed by atoms with Gasteiger partial charge in [0.25, 0.3) is 0 Å². The molecule has 0 aliphatic rings. The molecule has 0 aromatic rings. The van der Waals surface area contributed by atoms with Gasteiger partial charge in [0.05, 0.1) is 5.60 Å². The number of amides is 1. The average molecular weight is 131 g/mol. The number of hydrogen-bond acceptors (Lipinski definition) is 2. The Kier molecular flexibility index (Phi) is 3.24. The summed E-state index contributed by atoms with van der Waals surface area (Å²) in [6.45, 7) is 4.36. The highest BCUT2D eigenvalue weighted by Gasteiger charge is 2.14. The Morgan fingerprint density at radius 1 is 1.67 bits per heavy atom. The summed E-state index contributed by atoms with van der Waals surface area (Å²) >= 11 is 0. The van der Waals surface area contributed by atoms with Crippen molar-refractivity contribution in [3.63, 3.8) is 0 Å². The highest BCUT2D eigenvalue weighted by atomic mass is 16.5. The minimum absolute atomic E-state index is 0.249. The smallest absolute Gasteiger partial charge is 0.207 e. The summed E-state index contributed by atoms with van der Waals surface area (Å²) in [5.74, 6) is 0. The van der Waals surface area contributed by atoms with Gasteiger partial charge >= 0.3 is 0 Å². The molecule has 0 rings (SSSR count). The quantitative estimate of drug-likeness (QED) is 0.552.